The highest BCUT2D eigenvalue weighted by Gasteiger charge is 2.06. The predicted molar refractivity (Wildman–Crippen MR) is 71.1 cm³/mol. The minimum Gasteiger partial charge on any atom is -0.375 e. The molecule has 1 amide bonds. The minimum absolute atomic E-state index is 0.0265. The van der Waals surface area contributed by atoms with Gasteiger partial charge in [-0.25, -0.2) is 4.98 Å². The number of hydrogen-bond donors (Lipinski definition) is 2. The Morgan fingerprint density at radius 2 is 2.35 bits per heavy atom. The molecule has 2 heterocycles. The van der Waals surface area contributed by atoms with Gasteiger partial charge in [0.05, 0.1) is 18.7 Å². The molecule has 2 aromatic heterocycles. The fraction of sp³-hybridized carbons (Fsp3) is 0.273. The van der Waals surface area contributed by atoms with Gasteiger partial charge >= 0.3 is 0 Å². The van der Waals surface area contributed by atoms with Crippen LogP contribution >= 0.6 is 22.7 Å². The molecule has 0 saturated carbocycles. The number of hydrogen-bond acceptors (Lipinski definition) is 5. The molecule has 0 atom stereocenters. The van der Waals surface area contributed by atoms with Gasteiger partial charge in [0, 0.05) is 15.1 Å². The third-order valence-corrected chi connectivity index (χ3v) is 3.89. The first kappa shape index (κ1) is 12.1. The molecule has 3 N–H and O–H groups in total. The molecule has 0 bridgehead atoms. The van der Waals surface area contributed by atoms with Gasteiger partial charge in [0.1, 0.15) is 0 Å². The molecule has 2 rings (SSSR count). The van der Waals surface area contributed by atoms with Crippen molar-refractivity contribution in [2.24, 2.45) is 0 Å². The molecule has 0 unspecified atom stereocenters. The van der Waals surface area contributed by atoms with E-state index in [0.29, 0.717) is 11.7 Å². The first-order chi connectivity index (χ1) is 8.13. The Morgan fingerprint density at radius 3 is 2.94 bits per heavy atom. The predicted octanol–water partition coefficient (Wildman–Crippen LogP) is 1.95. The summed E-state index contributed by atoms with van der Waals surface area (Å²) in [6, 6.07) is 4.08. The molecule has 17 heavy (non-hydrogen) atoms. The summed E-state index contributed by atoms with van der Waals surface area (Å²) in [6.45, 7) is 2.63. The van der Waals surface area contributed by atoms with Crippen LogP contribution in [0.25, 0.3) is 0 Å². The average Bonchev–Trinajstić information content (AvgIpc) is 2.85. The molecular formula is C11H13N3OS2. The zero-order valence-electron chi connectivity index (χ0n) is 9.40. The smallest absolute Gasteiger partial charge is 0.226 e. The molecule has 0 saturated heterocycles. The number of nitrogens with two attached hydrogens (primary N) is 1. The summed E-state index contributed by atoms with van der Waals surface area (Å²) in [6.07, 6.45) is 0.290. The Morgan fingerprint density at radius 1 is 1.53 bits per heavy atom. The van der Waals surface area contributed by atoms with E-state index in [1.165, 1.54) is 16.2 Å². The standard InChI is InChI=1S/C11H13N3OS2/c1-7-2-3-9(17-7)5-13-10(15)4-8-6-16-11(12)14-8/h2-3,6H,4-5H2,1H3,(H2,12,14)(H,13,15). The molecule has 90 valence electrons. The van der Waals surface area contributed by atoms with Gasteiger partial charge in [-0.2, -0.15) is 0 Å². The van der Waals surface area contributed by atoms with E-state index in [1.54, 1.807) is 11.3 Å². The Hall–Kier alpha value is -1.40. The second kappa shape index (κ2) is 5.29. The number of anilines is 1. The van der Waals surface area contributed by atoms with Crippen molar-refractivity contribution in [2.75, 3.05) is 5.73 Å². The minimum atomic E-state index is -0.0265. The van der Waals surface area contributed by atoms with E-state index in [-0.39, 0.29) is 12.3 Å². The lowest BCUT2D eigenvalue weighted by Crippen LogP contribution is -2.24. The molecule has 2 aromatic rings. The maximum absolute atomic E-state index is 11.6. The second-order valence-electron chi connectivity index (χ2n) is 3.64. The lowest BCUT2D eigenvalue weighted by atomic mass is 10.3. The van der Waals surface area contributed by atoms with Crippen LogP contribution in [0, 0.1) is 6.92 Å². The van der Waals surface area contributed by atoms with Crippen LogP contribution in [0.2, 0.25) is 0 Å². The number of amides is 1. The highest BCUT2D eigenvalue weighted by atomic mass is 32.1. The summed E-state index contributed by atoms with van der Waals surface area (Å²) < 4.78 is 0. The summed E-state index contributed by atoms with van der Waals surface area (Å²) in [5.41, 5.74) is 6.23. The topological polar surface area (TPSA) is 68.0 Å². The quantitative estimate of drug-likeness (QED) is 0.889. The Kier molecular flexibility index (Phi) is 3.75. The van der Waals surface area contributed by atoms with E-state index in [9.17, 15) is 4.79 Å². The van der Waals surface area contributed by atoms with Gasteiger partial charge in [0.2, 0.25) is 5.91 Å². The largest absolute Gasteiger partial charge is 0.375 e. The first-order valence-corrected chi connectivity index (χ1v) is 6.85. The van der Waals surface area contributed by atoms with Gasteiger partial charge in [0.25, 0.3) is 0 Å². The molecule has 0 fully saturated rings. The number of rotatable bonds is 4. The third-order valence-electron chi connectivity index (χ3n) is 2.17. The summed E-state index contributed by atoms with van der Waals surface area (Å²) in [5.74, 6) is -0.0265. The van der Waals surface area contributed by atoms with E-state index in [4.69, 9.17) is 5.73 Å². The van der Waals surface area contributed by atoms with Gasteiger partial charge < -0.3 is 11.1 Å². The summed E-state index contributed by atoms with van der Waals surface area (Å²) in [7, 11) is 0. The highest BCUT2D eigenvalue weighted by Crippen LogP contribution is 2.15. The highest BCUT2D eigenvalue weighted by molar-refractivity contribution is 7.13. The molecule has 0 radical (unpaired) electrons. The number of thiazole rings is 1. The van der Waals surface area contributed by atoms with Crippen LogP contribution in [-0.2, 0) is 17.8 Å². The van der Waals surface area contributed by atoms with Crippen molar-refractivity contribution >= 4 is 33.7 Å². The summed E-state index contributed by atoms with van der Waals surface area (Å²) in [4.78, 5) is 18.1. The zero-order valence-corrected chi connectivity index (χ0v) is 11.0. The second-order valence-corrected chi connectivity index (χ2v) is 5.91. The molecule has 4 nitrogen and oxygen atoms in total. The fourth-order valence-corrected chi connectivity index (χ4v) is 2.79. The number of thiophene rings is 1. The maximum Gasteiger partial charge on any atom is 0.226 e. The van der Waals surface area contributed by atoms with Crippen molar-refractivity contribution in [1.29, 1.82) is 0 Å². The van der Waals surface area contributed by atoms with Gasteiger partial charge in [0.15, 0.2) is 5.13 Å². The number of carbonyl (C=O) groups excluding carboxylic acids is 1. The van der Waals surface area contributed by atoms with Gasteiger partial charge in [-0.15, -0.1) is 22.7 Å². The molecule has 0 aliphatic heterocycles. The number of aryl methyl sites for hydroxylation is 1. The van der Waals surface area contributed by atoms with E-state index in [1.807, 2.05) is 24.4 Å². The van der Waals surface area contributed by atoms with E-state index < -0.39 is 0 Å². The van der Waals surface area contributed by atoms with Crippen LogP contribution in [0.3, 0.4) is 0 Å². The monoisotopic (exact) mass is 267 g/mol. The van der Waals surface area contributed by atoms with Crippen molar-refractivity contribution in [1.82, 2.24) is 10.3 Å². The Balaban J connectivity index is 1.82. The summed E-state index contributed by atoms with van der Waals surface area (Å²) >= 11 is 3.04. The lowest BCUT2D eigenvalue weighted by Gasteiger charge is -2.01. The van der Waals surface area contributed by atoms with Crippen molar-refractivity contribution in [3.05, 3.63) is 33.0 Å². The van der Waals surface area contributed by atoms with E-state index in [0.717, 1.165) is 10.6 Å². The van der Waals surface area contributed by atoms with E-state index in [2.05, 4.69) is 10.3 Å². The SMILES string of the molecule is Cc1ccc(CNC(=O)Cc2csc(N)n2)s1. The summed E-state index contributed by atoms with van der Waals surface area (Å²) in [5, 5.41) is 5.18. The normalized spacial score (nSPS) is 10.4. The Labute approximate surface area is 107 Å². The molecule has 0 aromatic carbocycles. The van der Waals surface area contributed by atoms with Crippen LogP contribution < -0.4 is 11.1 Å². The number of aromatic nitrogens is 1. The van der Waals surface area contributed by atoms with Gasteiger partial charge in [-0.1, -0.05) is 0 Å². The molecular weight excluding hydrogens is 254 g/mol. The van der Waals surface area contributed by atoms with Crippen molar-refractivity contribution in [2.45, 2.75) is 19.9 Å². The zero-order chi connectivity index (χ0) is 12.3. The van der Waals surface area contributed by atoms with Gasteiger partial charge in [-0.3, -0.25) is 4.79 Å². The molecule has 0 spiro atoms. The number of nitrogens with one attached hydrogen (secondary N) is 1. The average molecular weight is 267 g/mol. The van der Waals surface area contributed by atoms with Crippen LogP contribution in [0.1, 0.15) is 15.4 Å². The number of nitrogen functional groups attached to an aromatic ring is 1. The van der Waals surface area contributed by atoms with Crippen LogP contribution in [0.5, 0.6) is 0 Å². The van der Waals surface area contributed by atoms with Crippen molar-refractivity contribution in [3.8, 4) is 0 Å². The van der Waals surface area contributed by atoms with Crippen LogP contribution in [0.15, 0.2) is 17.5 Å². The molecule has 0 aliphatic rings. The van der Waals surface area contributed by atoms with Crippen molar-refractivity contribution in [3.63, 3.8) is 0 Å². The van der Waals surface area contributed by atoms with Gasteiger partial charge in [-0.05, 0) is 19.1 Å². The molecule has 6 heteroatoms. The lowest BCUT2D eigenvalue weighted by molar-refractivity contribution is -0.120. The van der Waals surface area contributed by atoms with Crippen molar-refractivity contribution < 1.29 is 4.79 Å². The fourth-order valence-electron chi connectivity index (χ4n) is 1.40. The van der Waals surface area contributed by atoms with Crippen LogP contribution in [-0.4, -0.2) is 10.9 Å². The molecule has 0 aliphatic carbocycles. The maximum atomic E-state index is 11.6. The Bertz CT molecular complexity index is 518. The third kappa shape index (κ3) is 3.54. The van der Waals surface area contributed by atoms with Crippen LogP contribution in [0.4, 0.5) is 5.13 Å². The van der Waals surface area contributed by atoms with E-state index >= 15 is 0 Å². The number of nitrogens with zero attached hydrogens (tertiary/aromatic N) is 1. The first-order valence-electron chi connectivity index (χ1n) is 5.15. The number of carbonyl (C=O) groups is 1.